The van der Waals surface area contributed by atoms with Crippen LogP contribution < -0.4 is 0 Å². The van der Waals surface area contributed by atoms with Crippen molar-refractivity contribution in [2.24, 2.45) is 11.3 Å². The zero-order valence-electron chi connectivity index (χ0n) is 15.5. The molecule has 24 heavy (non-hydrogen) atoms. The van der Waals surface area contributed by atoms with Crippen molar-refractivity contribution in [3.8, 4) is 0 Å². The predicted octanol–water partition coefficient (Wildman–Crippen LogP) is 3.64. The molecule has 3 nitrogen and oxygen atoms in total. The normalized spacial score (nSPS) is 28.3. The Morgan fingerprint density at radius 1 is 1.25 bits per heavy atom. The fraction of sp³-hybridized carbons (Fsp3) is 0.714. The van der Waals surface area contributed by atoms with E-state index in [9.17, 15) is 5.11 Å². The molecule has 3 heteroatoms. The molecule has 0 unspecified atom stereocenters. The van der Waals surface area contributed by atoms with Gasteiger partial charge in [-0.15, -0.1) is 0 Å². The van der Waals surface area contributed by atoms with Gasteiger partial charge in [0.2, 0.25) is 0 Å². The number of aliphatic hydroxyl groups is 1. The van der Waals surface area contributed by atoms with Gasteiger partial charge in [-0.05, 0) is 48.1 Å². The molecule has 134 valence electrons. The zero-order chi connectivity index (χ0) is 17.2. The molecule has 0 spiro atoms. The van der Waals surface area contributed by atoms with Crippen LogP contribution in [0, 0.1) is 11.3 Å². The molecule has 0 radical (unpaired) electrons. The topological polar surface area (TPSA) is 32.7 Å². The van der Waals surface area contributed by atoms with E-state index in [4.69, 9.17) is 4.74 Å². The highest BCUT2D eigenvalue weighted by molar-refractivity contribution is 5.29. The molecule has 0 aromatic heterocycles. The van der Waals surface area contributed by atoms with E-state index in [1.807, 2.05) is 0 Å². The van der Waals surface area contributed by atoms with Gasteiger partial charge in [0.25, 0.3) is 0 Å². The van der Waals surface area contributed by atoms with E-state index in [2.05, 4.69) is 49.9 Å². The van der Waals surface area contributed by atoms with Crippen molar-refractivity contribution < 1.29 is 9.84 Å². The predicted molar refractivity (Wildman–Crippen MR) is 98.0 cm³/mol. The fourth-order valence-electron chi connectivity index (χ4n) is 4.69. The molecule has 0 amide bonds. The van der Waals surface area contributed by atoms with Gasteiger partial charge >= 0.3 is 0 Å². The third-order valence-corrected chi connectivity index (χ3v) is 5.55. The molecule has 1 aliphatic carbocycles. The molecule has 1 aromatic rings. The Kier molecular flexibility index (Phi) is 5.63. The number of fused-ring (bicyclic) bond motifs is 1. The Morgan fingerprint density at radius 3 is 2.75 bits per heavy atom. The maximum Gasteiger partial charge on any atom is 0.0900 e. The quantitative estimate of drug-likeness (QED) is 0.894. The molecular formula is C21H33NO2. The molecule has 1 heterocycles. The molecule has 3 rings (SSSR count). The Balaban J connectivity index is 1.44. The van der Waals surface area contributed by atoms with Gasteiger partial charge in [-0.3, -0.25) is 4.90 Å². The highest BCUT2D eigenvalue weighted by Gasteiger charge is 2.32. The minimum Gasteiger partial charge on any atom is -0.389 e. The summed E-state index contributed by atoms with van der Waals surface area (Å²) >= 11 is 0. The first-order valence-corrected chi connectivity index (χ1v) is 9.50. The van der Waals surface area contributed by atoms with Gasteiger partial charge < -0.3 is 9.84 Å². The van der Waals surface area contributed by atoms with Gasteiger partial charge in [-0.2, -0.15) is 0 Å². The average molecular weight is 332 g/mol. The Morgan fingerprint density at radius 2 is 2.00 bits per heavy atom. The van der Waals surface area contributed by atoms with E-state index in [0.717, 1.165) is 38.3 Å². The fourth-order valence-corrected chi connectivity index (χ4v) is 4.69. The first-order chi connectivity index (χ1) is 11.4. The molecule has 1 saturated carbocycles. The summed E-state index contributed by atoms with van der Waals surface area (Å²) in [6, 6.07) is 8.64. The lowest BCUT2D eigenvalue weighted by atomic mass is 9.71. The summed E-state index contributed by atoms with van der Waals surface area (Å²) in [5.74, 6) is 0.717. The Hall–Kier alpha value is -0.900. The van der Waals surface area contributed by atoms with Crippen LogP contribution in [0.2, 0.25) is 0 Å². The van der Waals surface area contributed by atoms with Gasteiger partial charge in [0, 0.05) is 19.6 Å². The summed E-state index contributed by atoms with van der Waals surface area (Å²) in [7, 11) is 0. The van der Waals surface area contributed by atoms with Gasteiger partial charge in [0.1, 0.15) is 0 Å². The van der Waals surface area contributed by atoms with E-state index < -0.39 is 6.10 Å². The maximum absolute atomic E-state index is 10.4. The van der Waals surface area contributed by atoms with Crippen molar-refractivity contribution in [2.45, 2.75) is 65.2 Å². The maximum atomic E-state index is 10.4. The number of aliphatic hydroxyl groups excluding tert-OH is 1. The summed E-state index contributed by atoms with van der Waals surface area (Å²) < 4.78 is 6.09. The van der Waals surface area contributed by atoms with Gasteiger partial charge in [-0.1, -0.05) is 45.0 Å². The van der Waals surface area contributed by atoms with Crippen LogP contribution in [0.25, 0.3) is 0 Å². The molecule has 1 fully saturated rings. The van der Waals surface area contributed by atoms with Crippen molar-refractivity contribution in [1.82, 2.24) is 4.90 Å². The lowest BCUT2D eigenvalue weighted by molar-refractivity contribution is -0.0620. The average Bonchev–Trinajstić information content (AvgIpc) is 2.51. The second kappa shape index (κ2) is 7.55. The number of rotatable bonds is 5. The highest BCUT2D eigenvalue weighted by atomic mass is 16.5. The molecule has 1 N–H and O–H groups in total. The van der Waals surface area contributed by atoms with E-state index in [0.29, 0.717) is 24.7 Å². The van der Waals surface area contributed by atoms with Crippen LogP contribution in [0.1, 0.15) is 51.2 Å². The summed E-state index contributed by atoms with van der Waals surface area (Å²) in [5, 5.41) is 10.4. The minimum atomic E-state index is -0.393. The monoisotopic (exact) mass is 331 g/mol. The van der Waals surface area contributed by atoms with E-state index >= 15 is 0 Å². The van der Waals surface area contributed by atoms with E-state index in [1.54, 1.807) is 0 Å². The smallest absolute Gasteiger partial charge is 0.0900 e. The third kappa shape index (κ3) is 4.81. The Labute approximate surface area is 147 Å². The molecule has 1 aliphatic heterocycles. The molecular weight excluding hydrogens is 298 g/mol. The molecule has 0 saturated heterocycles. The Bertz CT molecular complexity index is 542. The van der Waals surface area contributed by atoms with Crippen LogP contribution in [0.5, 0.6) is 0 Å². The largest absolute Gasteiger partial charge is 0.389 e. The van der Waals surface area contributed by atoms with Crippen molar-refractivity contribution in [3.05, 3.63) is 35.4 Å². The summed E-state index contributed by atoms with van der Waals surface area (Å²) in [6.07, 6.45) is 4.52. The standard InChI is InChI=1S/C21H33NO2/c1-16-10-20(12-21(2,3)11-16)24-15-19(23)14-22-9-8-17-6-4-5-7-18(17)13-22/h4-7,16,19-20,23H,8-15H2,1-3H3/t16-,19+,20-/m0/s1. The van der Waals surface area contributed by atoms with Gasteiger partial charge in [0.05, 0.1) is 18.8 Å². The third-order valence-electron chi connectivity index (χ3n) is 5.55. The van der Waals surface area contributed by atoms with Gasteiger partial charge in [0.15, 0.2) is 0 Å². The number of β-amino-alcohol motifs (C(OH)–C–C–N with tert-alkyl or cyclic N) is 1. The first kappa shape index (κ1) is 17.9. The van der Waals surface area contributed by atoms with Crippen molar-refractivity contribution >= 4 is 0 Å². The number of hydrogen-bond donors (Lipinski definition) is 1. The van der Waals surface area contributed by atoms with E-state index in [1.165, 1.54) is 17.5 Å². The van der Waals surface area contributed by atoms with Crippen LogP contribution in [0.3, 0.4) is 0 Å². The number of benzene rings is 1. The highest BCUT2D eigenvalue weighted by Crippen LogP contribution is 2.39. The molecule has 3 atom stereocenters. The van der Waals surface area contributed by atoms with Crippen molar-refractivity contribution in [2.75, 3.05) is 19.7 Å². The zero-order valence-corrected chi connectivity index (χ0v) is 15.5. The van der Waals surface area contributed by atoms with Crippen LogP contribution in [-0.2, 0) is 17.7 Å². The second-order valence-corrected chi connectivity index (χ2v) is 8.78. The lowest BCUT2D eigenvalue weighted by Gasteiger charge is -2.39. The van der Waals surface area contributed by atoms with Crippen molar-refractivity contribution in [1.29, 1.82) is 0 Å². The number of hydrogen-bond acceptors (Lipinski definition) is 3. The van der Waals surface area contributed by atoms with Crippen LogP contribution >= 0.6 is 0 Å². The molecule has 1 aromatic carbocycles. The number of ether oxygens (including phenoxy) is 1. The summed E-state index contributed by atoms with van der Waals surface area (Å²) in [5.41, 5.74) is 3.22. The van der Waals surface area contributed by atoms with Crippen LogP contribution in [-0.4, -0.2) is 41.9 Å². The summed E-state index contributed by atoms with van der Waals surface area (Å²) in [4.78, 5) is 2.35. The minimum absolute atomic E-state index is 0.306. The second-order valence-electron chi connectivity index (χ2n) is 8.78. The van der Waals surface area contributed by atoms with Crippen LogP contribution in [0.4, 0.5) is 0 Å². The van der Waals surface area contributed by atoms with Gasteiger partial charge in [-0.25, -0.2) is 0 Å². The van der Waals surface area contributed by atoms with Crippen molar-refractivity contribution in [3.63, 3.8) is 0 Å². The molecule has 0 bridgehead atoms. The number of nitrogens with zero attached hydrogens (tertiary/aromatic N) is 1. The molecule has 2 aliphatic rings. The SMILES string of the molecule is C[C@H]1C[C@H](OC[C@H](O)CN2CCc3ccccc3C2)CC(C)(C)C1. The lowest BCUT2D eigenvalue weighted by Crippen LogP contribution is -2.40. The first-order valence-electron chi connectivity index (χ1n) is 9.50. The summed E-state index contributed by atoms with van der Waals surface area (Å²) in [6.45, 7) is 10.1. The van der Waals surface area contributed by atoms with Crippen LogP contribution in [0.15, 0.2) is 24.3 Å². The van der Waals surface area contributed by atoms with E-state index in [-0.39, 0.29) is 0 Å².